The fourth-order valence-electron chi connectivity index (χ4n) is 1.53. The van der Waals surface area contributed by atoms with E-state index in [2.05, 4.69) is 15.9 Å². The predicted octanol–water partition coefficient (Wildman–Crippen LogP) is 5.05. The zero-order valence-corrected chi connectivity index (χ0v) is 14.1. The van der Waals surface area contributed by atoms with E-state index in [-0.39, 0.29) is 6.61 Å². The maximum atomic E-state index is 11.7. The van der Waals surface area contributed by atoms with Crippen molar-refractivity contribution in [2.75, 3.05) is 6.61 Å². The van der Waals surface area contributed by atoms with Crippen molar-refractivity contribution in [2.24, 2.45) is 0 Å². The normalized spacial score (nSPS) is 10.3. The van der Waals surface area contributed by atoms with Gasteiger partial charge in [-0.1, -0.05) is 45.2 Å². The maximum Gasteiger partial charge on any atom is 0.349 e. The molecule has 0 bridgehead atoms. The Labute approximate surface area is 140 Å². The summed E-state index contributed by atoms with van der Waals surface area (Å²) in [5.74, 6) is 0.258. The molecule has 2 rings (SSSR count). The Balaban J connectivity index is 1.94. The lowest BCUT2D eigenvalue weighted by molar-refractivity contribution is -0.136. The Bertz CT molecular complexity index is 674. The zero-order chi connectivity index (χ0) is 15.4. The second kappa shape index (κ2) is 7.16. The fraction of sp³-hybridized carbons (Fsp3) is 0.133. The average Bonchev–Trinajstić information content (AvgIpc) is 2.42. The summed E-state index contributed by atoms with van der Waals surface area (Å²) >= 11 is 15.2. The first-order valence-electron chi connectivity index (χ1n) is 6.00. The molecule has 0 spiro atoms. The van der Waals surface area contributed by atoms with Crippen molar-refractivity contribution in [3.05, 3.63) is 56.5 Å². The van der Waals surface area contributed by atoms with Gasteiger partial charge in [-0.05, 0) is 42.8 Å². The van der Waals surface area contributed by atoms with E-state index in [0.717, 1.165) is 10.0 Å². The minimum absolute atomic E-state index is 0.243. The van der Waals surface area contributed by atoms with Gasteiger partial charge in [0.05, 0.1) is 5.02 Å². The highest BCUT2D eigenvalue weighted by Crippen LogP contribution is 2.27. The minimum atomic E-state index is -0.533. The summed E-state index contributed by atoms with van der Waals surface area (Å²) in [6.07, 6.45) is 0. The monoisotopic (exact) mass is 388 g/mol. The summed E-state index contributed by atoms with van der Waals surface area (Å²) in [7, 11) is 0. The van der Waals surface area contributed by atoms with Crippen molar-refractivity contribution in [3.63, 3.8) is 0 Å². The van der Waals surface area contributed by atoms with Gasteiger partial charge >= 0.3 is 5.97 Å². The molecule has 2 aromatic rings. The van der Waals surface area contributed by atoms with Gasteiger partial charge in [0, 0.05) is 9.50 Å². The topological polar surface area (TPSA) is 35.5 Å². The Morgan fingerprint density at radius 2 is 1.90 bits per heavy atom. The molecule has 0 saturated heterocycles. The second-order valence-corrected chi connectivity index (χ2v) is 5.98. The van der Waals surface area contributed by atoms with Gasteiger partial charge in [0.2, 0.25) is 0 Å². The molecular weight excluding hydrogens is 379 g/mol. The number of aryl methyl sites for hydroxylation is 1. The Hall–Kier alpha value is -1.23. The van der Waals surface area contributed by atoms with Crippen LogP contribution in [0.1, 0.15) is 5.56 Å². The number of benzene rings is 2. The third kappa shape index (κ3) is 4.63. The van der Waals surface area contributed by atoms with Crippen LogP contribution in [0.5, 0.6) is 11.5 Å². The van der Waals surface area contributed by atoms with E-state index >= 15 is 0 Å². The number of hydrogen-bond acceptors (Lipinski definition) is 3. The molecule has 3 nitrogen and oxygen atoms in total. The number of carbonyl (C=O) groups excluding carboxylic acids is 1. The van der Waals surface area contributed by atoms with Crippen molar-refractivity contribution in [3.8, 4) is 11.5 Å². The highest BCUT2D eigenvalue weighted by molar-refractivity contribution is 9.10. The van der Waals surface area contributed by atoms with E-state index in [9.17, 15) is 4.79 Å². The van der Waals surface area contributed by atoms with Gasteiger partial charge in [-0.15, -0.1) is 0 Å². The van der Waals surface area contributed by atoms with Crippen LogP contribution >= 0.6 is 39.1 Å². The number of ether oxygens (including phenoxy) is 2. The summed E-state index contributed by atoms with van der Waals surface area (Å²) < 4.78 is 11.3. The molecule has 0 aliphatic carbocycles. The van der Waals surface area contributed by atoms with E-state index in [1.54, 1.807) is 36.4 Å². The average molecular weight is 390 g/mol. The maximum absolute atomic E-state index is 11.7. The third-order valence-corrected chi connectivity index (χ3v) is 3.81. The molecule has 0 radical (unpaired) electrons. The standard InChI is InChI=1S/C15H11BrCl2O3/c1-9-2-4-11(7-12(9)17)21-15(19)8-20-14-5-3-10(16)6-13(14)18/h2-7H,8H2,1H3. The van der Waals surface area contributed by atoms with Gasteiger partial charge in [-0.3, -0.25) is 0 Å². The second-order valence-electron chi connectivity index (χ2n) is 4.25. The molecule has 0 fully saturated rings. The van der Waals surface area contributed by atoms with E-state index < -0.39 is 5.97 Å². The first-order valence-corrected chi connectivity index (χ1v) is 7.55. The Morgan fingerprint density at radius 3 is 2.57 bits per heavy atom. The highest BCUT2D eigenvalue weighted by Gasteiger charge is 2.09. The highest BCUT2D eigenvalue weighted by atomic mass is 79.9. The summed E-state index contributed by atoms with van der Waals surface area (Å²) in [5, 5.41) is 0.952. The van der Waals surface area contributed by atoms with Crippen molar-refractivity contribution >= 4 is 45.1 Å². The molecule has 110 valence electrons. The van der Waals surface area contributed by atoms with E-state index in [1.165, 1.54) is 0 Å². The lowest BCUT2D eigenvalue weighted by atomic mass is 10.2. The summed E-state index contributed by atoms with van der Waals surface area (Å²) in [6, 6.07) is 10.2. The van der Waals surface area contributed by atoms with E-state index in [0.29, 0.717) is 21.5 Å². The van der Waals surface area contributed by atoms with E-state index in [4.69, 9.17) is 32.7 Å². The molecule has 0 saturated carbocycles. The summed E-state index contributed by atoms with van der Waals surface area (Å²) in [5.41, 5.74) is 0.911. The molecule has 0 aliphatic rings. The number of hydrogen-bond donors (Lipinski definition) is 0. The van der Waals surface area contributed by atoms with Crippen LogP contribution in [0.25, 0.3) is 0 Å². The summed E-state index contributed by atoms with van der Waals surface area (Å²) in [4.78, 5) is 11.7. The molecular formula is C15H11BrCl2O3. The number of esters is 1. The third-order valence-electron chi connectivity index (χ3n) is 2.61. The number of halogens is 3. The fourth-order valence-corrected chi connectivity index (χ4v) is 2.43. The molecule has 2 aromatic carbocycles. The van der Waals surface area contributed by atoms with E-state index in [1.807, 2.05) is 6.92 Å². The SMILES string of the molecule is Cc1ccc(OC(=O)COc2ccc(Br)cc2Cl)cc1Cl. The van der Waals surface area contributed by atoms with Crippen LogP contribution in [0.3, 0.4) is 0 Å². The van der Waals surface area contributed by atoms with Crippen LogP contribution in [0.2, 0.25) is 10.0 Å². The van der Waals surface area contributed by atoms with Crippen LogP contribution < -0.4 is 9.47 Å². The van der Waals surface area contributed by atoms with Crippen LogP contribution in [0.4, 0.5) is 0 Å². The van der Waals surface area contributed by atoms with Crippen LogP contribution in [-0.4, -0.2) is 12.6 Å². The molecule has 21 heavy (non-hydrogen) atoms. The molecule has 0 heterocycles. The molecule has 0 aromatic heterocycles. The quantitative estimate of drug-likeness (QED) is 0.542. The largest absolute Gasteiger partial charge is 0.480 e. The first kappa shape index (κ1) is 16.1. The minimum Gasteiger partial charge on any atom is -0.480 e. The number of carbonyl (C=O) groups is 1. The van der Waals surface area contributed by atoms with Crippen molar-refractivity contribution in [1.29, 1.82) is 0 Å². The molecule has 6 heteroatoms. The molecule has 0 atom stereocenters. The number of rotatable bonds is 4. The van der Waals surface area contributed by atoms with Crippen LogP contribution in [0.15, 0.2) is 40.9 Å². The lowest BCUT2D eigenvalue weighted by Gasteiger charge is -2.09. The summed E-state index contributed by atoms with van der Waals surface area (Å²) in [6.45, 7) is 1.62. The van der Waals surface area contributed by atoms with Gasteiger partial charge in [-0.25, -0.2) is 4.79 Å². The molecule has 0 N–H and O–H groups in total. The first-order chi connectivity index (χ1) is 9.95. The van der Waals surface area contributed by atoms with Crippen molar-refractivity contribution < 1.29 is 14.3 Å². The lowest BCUT2D eigenvalue weighted by Crippen LogP contribution is -2.17. The smallest absolute Gasteiger partial charge is 0.349 e. The van der Waals surface area contributed by atoms with Gasteiger partial charge < -0.3 is 9.47 Å². The van der Waals surface area contributed by atoms with Gasteiger partial charge in [0.15, 0.2) is 6.61 Å². The molecule has 0 amide bonds. The predicted molar refractivity (Wildman–Crippen MR) is 86.5 cm³/mol. The van der Waals surface area contributed by atoms with Crippen molar-refractivity contribution in [1.82, 2.24) is 0 Å². The van der Waals surface area contributed by atoms with Crippen LogP contribution in [0, 0.1) is 6.92 Å². The molecule has 0 aliphatic heterocycles. The van der Waals surface area contributed by atoms with Gasteiger partial charge in [0.1, 0.15) is 11.5 Å². The Kier molecular flexibility index (Phi) is 5.51. The van der Waals surface area contributed by atoms with Gasteiger partial charge in [0.25, 0.3) is 0 Å². The van der Waals surface area contributed by atoms with Crippen molar-refractivity contribution in [2.45, 2.75) is 6.92 Å². The zero-order valence-electron chi connectivity index (χ0n) is 11.0. The molecule has 0 unspecified atom stereocenters. The Morgan fingerprint density at radius 1 is 1.14 bits per heavy atom. The van der Waals surface area contributed by atoms with Gasteiger partial charge in [-0.2, -0.15) is 0 Å². The van der Waals surface area contributed by atoms with Crippen LogP contribution in [-0.2, 0) is 4.79 Å².